The largest absolute Gasteiger partial charge is 0.307 e. The molecule has 1 aliphatic rings. The molecule has 0 N–H and O–H groups in total. The van der Waals surface area contributed by atoms with Crippen LogP contribution in [0.5, 0.6) is 0 Å². The highest BCUT2D eigenvalue weighted by Crippen LogP contribution is 2.34. The number of aryl methyl sites for hydroxylation is 1. The molecule has 0 aliphatic carbocycles. The molecule has 0 spiro atoms. The number of anilines is 2. The van der Waals surface area contributed by atoms with Crippen molar-refractivity contribution in [1.29, 1.82) is 0 Å². The first-order valence-corrected chi connectivity index (χ1v) is 11.8. The van der Waals surface area contributed by atoms with Crippen LogP contribution in [0.1, 0.15) is 18.1 Å². The molecule has 0 fully saturated rings. The van der Waals surface area contributed by atoms with Gasteiger partial charge in [-0.1, -0.05) is 54.1 Å². The van der Waals surface area contributed by atoms with Gasteiger partial charge in [0.05, 0.1) is 10.6 Å². The number of carbonyl (C=O) groups excluding carboxylic acids is 1. The number of benzene rings is 3. The second-order valence-electron chi connectivity index (χ2n) is 7.70. The molecule has 5 nitrogen and oxygen atoms in total. The minimum Gasteiger partial charge on any atom is -0.307 e. The highest BCUT2D eigenvalue weighted by atomic mass is 35.5. The second-order valence-corrected chi connectivity index (χ2v) is 10.00. The first kappa shape index (κ1) is 21.4. The Balaban J connectivity index is 1.77. The van der Waals surface area contributed by atoms with Gasteiger partial charge in [-0.05, 0) is 61.7 Å². The summed E-state index contributed by atoms with van der Waals surface area (Å²) in [6.45, 7) is 3.45. The van der Waals surface area contributed by atoms with Gasteiger partial charge in [-0.25, -0.2) is 8.42 Å². The van der Waals surface area contributed by atoms with Crippen molar-refractivity contribution in [3.8, 4) is 0 Å². The summed E-state index contributed by atoms with van der Waals surface area (Å²) in [7, 11) is -3.99. The first-order chi connectivity index (χ1) is 14.8. The number of hydrogen-bond donors (Lipinski definition) is 0. The predicted octanol–water partition coefficient (Wildman–Crippen LogP) is 4.82. The number of rotatable bonds is 5. The van der Waals surface area contributed by atoms with E-state index in [1.54, 1.807) is 48.2 Å². The molecule has 160 valence electrons. The van der Waals surface area contributed by atoms with Crippen molar-refractivity contribution < 1.29 is 13.2 Å². The molecule has 0 radical (unpaired) electrons. The fraction of sp³-hybridized carbons (Fsp3) is 0.208. The summed E-state index contributed by atoms with van der Waals surface area (Å²) in [4.78, 5) is 15.3. The Kier molecular flexibility index (Phi) is 5.77. The van der Waals surface area contributed by atoms with Crippen LogP contribution in [0.2, 0.25) is 5.02 Å². The zero-order valence-electron chi connectivity index (χ0n) is 17.3. The lowest BCUT2D eigenvalue weighted by molar-refractivity contribution is -0.117. The van der Waals surface area contributed by atoms with Crippen LogP contribution < -0.4 is 9.21 Å². The van der Waals surface area contributed by atoms with E-state index in [2.05, 4.69) is 0 Å². The molecular weight excluding hydrogens is 432 g/mol. The van der Waals surface area contributed by atoms with Gasteiger partial charge in [0.15, 0.2) is 0 Å². The van der Waals surface area contributed by atoms with E-state index < -0.39 is 10.0 Å². The van der Waals surface area contributed by atoms with Crippen LogP contribution in [0, 0.1) is 6.92 Å². The van der Waals surface area contributed by atoms with Crippen LogP contribution in [0.3, 0.4) is 0 Å². The molecule has 1 heterocycles. The lowest BCUT2D eigenvalue weighted by Crippen LogP contribution is -2.45. The fourth-order valence-electron chi connectivity index (χ4n) is 4.02. The molecule has 0 aromatic heterocycles. The quantitative estimate of drug-likeness (QED) is 0.555. The van der Waals surface area contributed by atoms with Crippen LogP contribution in [-0.2, 0) is 21.2 Å². The van der Waals surface area contributed by atoms with E-state index in [0.29, 0.717) is 16.3 Å². The molecular formula is C24H23ClN2O3S. The van der Waals surface area contributed by atoms with E-state index in [4.69, 9.17) is 11.6 Å². The maximum Gasteiger partial charge on any atom is 0.264 e. The number of nitrogens with zero attached hydrogens (tertiary/aromatic N) is 2. The van der Waals surface area contributed by atoms with Gasteiger partial charge in [0.1, 0.15) is 6.54 Å². The third kappa shape index (κ3) is 4.05. The average Bonchev–Trinajstić information content (AvgIpc) is 3.10. The average molecular weight is 455 g/mol. The van der Waals surface area contributed by atoms with E-state index in [1.165, 1.54) is 16.4 Å². The molecule has 3 aromatic rings. The summed E-state index contributed by atoms with van der Waals surface area (Å²) < 4.78 is 28.3. The number of fused-ring (bicyclic) bond motifs is 1. The van der Waals surface area contributed by atoms with Crippen molar-refractivity contribution in [2.75, 3.05) is 15.7 Å². The lowest BCUT2D eigenvalue weighted by Gasteiger charge is -2.29. The maximum atomic E-state index is 13.6. The Morgan fingerprint density at radius 1 is 1.06 bits per heavy atom. The summed E-state index contributed by atoms with van der Waals surface area (Å²) in [5.74, 6) is -0.281. The Bertz CT molecular complexity index is 1230. The molecule has 4 rings (SSSR count). The van der Waals surface area contributed by atoms with Crippen LogP contribution in [-0.4, -0.2) is 26.9 Å². The number of para-hydroxylation sites is 1. The van der Waals surface area contributed by atoms with Crippen LogP contribution in [0.4, 0.5) is 11.4 Å². The Hall–Kier alpha value is -2.83. The van der Waals surface area contributed by atoms with Crippen molar-refractivity contribution >= 4 is 38.9 Å². The summed E-state index contributed by atoms with van der Waals surface area (Å²) in [6.07, 6.45) is 0.740. The van der Waals surface area contributed by atoms with Gasteiger partial charge in [0, 0.05) is 16.8 Å². The third-order valence-corrected chi connectivity index (χ3v) is 7.53. The first-order valence-electron chi connectivity index (χ1n) is 10.0. The van der Waals surface area contributed by atoms with Gasteiger partial charge >= 0.3 is 0 Å². The topological polar surface area (TPSA) is 57.7 Å². The van der Waals surface area contributed by atoms with E-state index in [-0.39, 0.29) is 23.4 Å². The smallest absolute Gasteiger partial charge is 0.264 e. The standard InChI is InChI=1S/C24H23ClN2O3S/c1-17-12-13-20(25)15-23(17)26(31(29,30)21-9-4-3-5-10-21)16-24(28)27-18(2)14-19-8-6-7-11-22(19)27/h3-13,15,18H,14,16H2,1-2H3/t18-/m0/s1. The van der Waals surface area contributed by atoms with Gasteiger partial charge in [-0.2, -0.15) is 0 Å². The summed E-state index contributed by atoms with van der Waals surface area (Å²) in [5.41, 5.74) is 3.02. The minimum atomic E-state index is -3.99. The molecule has 1 amide bonds. The Morgan fingerprint density at radius 3 is 2.48 bits per heavy atom. The zero-order valence-corrected chi connectivity index (χ0v) is 18.9. The summed E-state index contributed by atoms with van der Waals surface area (Å²) in [6, 6.07) is 20.9. The molecule has 0 saturated carbocycles. The fourth-order valence-corrected chi connectivity index (χ4v) is 5.67. The molecule has 0 saturated heterocycles. The van der Waals surface area contributed by atoms with E-state index in [0.717, 1.165) is 17.7 Å². The highest BCUT2D eigenvalue weighted by molar-refractivity contribution is 7.92. The Morgan fingerprint density at radius 2 is 1.74 bits per heavy atom. The van der Waals surface area contributed by atoms with Gasteiger partial charge in [-0.15, -0.1) is 0 Å². The van der Waals surface area contributed by atoms with Crippen LogP contribution >= 0.6 is 11.6 Å². The van der Waals surface area contributed by atoms with Gasteiger partial charge < -0.3 is 4.90 Å². The summed E-state index contributed by atoms with van der Waals surface area (Å²) in [5, 5.41) is 0.404. The number of halogens is 1. The SMILES string of the molecule is Cc1ccc(Cl)cc1N(CC(=O)N1c2ccccc2C[C@@H]1C)S(=O)(=O)c1ccccc1. The second kappa shape index (κ2) is 8.36. The number of carbonyl (C=O) groups is 1. The predicted molar refractivity (Wildman–Crippen MR) is 124 cm³/mol. The molecule has 3 aromatic carbocycles. The van der Waals surface area contributed by atoms with Crippen molar-refractivity contribution in [3.05, 3.63) is 88.9 Å². The van der Waals surface area contributed by atoms with Gasteiger partial charge in [0.2, 0.25) is 5.91 Å². The van der Waals surface area contributed by atoms with Crippen LogP contribution in [0.15, 0.2) is 77.7 Å². The zero-order chi connectivity index (χ0) is 22.2. The van der Waals surface area contributed by atoms with Crippen LogP contribution in [0.25, 0.3) is 0 Å². The van der Waals surface area contributed by atoms with Gasteiger partial charge in [0.25, 0.3) is 10.0 Å². The molecule has 1 atom stereocenters. The molecule has 1 aliphatic heterocycles. The molecule has 7 heteroatoms. The van der Waals surface area contributed by atoms with E-state index >= 15 is 0 Å². The van der Waals surface area contributed by atoms with Crippen molar-refractivity contribution in [2.45, 2.75) is 31.2 Å². The van der Waals surface area contributed by atoms with Crippen molar-refractivity contribution in [2.24, 2.45) is 0 Å². The van der Waals surface area contributed by atoms with Gasteiger partial charge in [-0.3, -0.25) is 9.10 Å². The normalized spacial score (nSPS) is 15.6. The van der Waals surface area contributed by atoms with Crippen molar-refractivity contribution in [1.82, 2.24) is 0 Å². The van der Waals surface area contributed by atoms with E-state index in [1.807, 2.05) is 31.2 Å². The molecule has 0 unspecified atom stereocenters. The molecule has 31 heavy (non-hydrogen) atoms. The summed E-state index contributed by atoms with van der Waals surface area (Å²) >= 11 is 6.19. The van der Waals surface area contributed by atoms with Crippen molar-refractivity contribution in [3.63, 3.8) is 0 Å². The number of sulfonamides is 1. The third-order valence-electron chi connectivity index (χ3n) is 5.53. The number of hydrogen-bond acceptors (Lipinski definition) is 3. The van der Waals surface area contributed by atoms with E-state index in [9.17, 15) is 13.2 Å². The monoisotopic (exact) mass is 454 g/mol. The lowest BCUT2D eigenvalue weighted by atomic mass is 10.1. The highest BCUT2D eigenvalue weighted by Gasteiger charge is 2.35. The maximum absolute atomic E-state index is 13.6. The number of amides is 1. The Labute approximate surface area is 187 Å². The minimum absolute atomic E-state index is 0.0494. The molecule has 0 bridgehead atoms.